The van der Waals surface area contributed by atoms with E-state index in [1.807, 2.05) is 25.1 Å². The number of rotatable bonds is 2. The van der Waals surface area contributed by atoms with Gasteiger partial charge in [-0.3, -0.25) is 4.79 Å². The maximum absolute atomic E-state index is 13.7. The number of ether oxygens (including phenoxy) is 1. The molecule has 5 nitrogen and oxygen atoms in total. The lowest BCUT2D eigenvalue weighted by Crippen LogP contribution is -2.36. The zero-order chi connectivity index (χ0) is 21.1. The van der Waals surface area contributed by atoms with Gasteiger partial charge in [0.1, 0.15) is 5.82 Å². The first-order valence-corrected chi connectivity index (χ1v) is 11.3. The molecule has 2 N–H and O–H groups in total. The number of aromatic nitrogens is 1. The minimum Gasteiger partial charge on any atom is -0.383 e. The molecule has 1 saturated heterocycles. The fraction of sp³-hybridized carbons (Fsp3) is 0.385. The van der Waals surface area contributed by atoms with Gasteiger partial charge in [-0.2, -0.15) is 0 Å². The molecule has 0 unspecified atom stereocenters. The van der Waals surface area contributed by atoms with Crippen molar-refractivity contribution in [3.63, 3.8) is 0 Å². The largest absolute Gasteiger partial charge is 0.383 e. The van der Waals surface area contributed by atoms with Gasteiger partial charge in [-0.1, -0.05) is 36.8 Å². The first kappa shape index (κ1) is 18.8. The third kappa shape index (κ3) is 2.87. The molecule has 2 aromatic carbocycles. The molecule has 158 valence electrons. The van der Waals surface area contributed by atoms with E-state index >= 15 is 0 Å². The topological polar surface area (TPSA) is 68.5 Å². The van der Waals surface area contributed by atoms with Gasteiger partial charge in [-0.15, -0.1) is 0 Å². The van der Waals surface area contributed by atoms with Gasteiger partial charge in [0.25, 0.3) is 5.91 Å². The first-order valence-electron chi connectivity index (χ1n) is 11.3. The Balaban J connectivity index is 1.37. The van der Waals surface area contributed by atoms with Gasteiger partial charge in [0.05, 0.1) is 18.2 Å². The molecule has 0 spiro atoms. The average Bonchev–Trinajstić information content (AvgIpc) is 3.49. The second kappa shape index (κ2) is 7.06. The van der Waals surface area contributed by atoms with Crippen molar-refractivity contribution in [3.05, 3.63) is 70.8 Å². The van der Waals surface area contributed by atoms with Crippen LogP contribution in [0.5, 0.6) is 0 Å². The van der Waals surface area contributed by atoms with E-state index in [1.165, 1.54) is 18.4 Å². The summed E-state index contributed by atoms with van der Waals surface area (Å²) in [7, 11) is 0. The molecule has 1 aliphatic carbocycles. The van der Waals surface area contributed by atoms with E-state index < -0.39 is 0 Å². The minimum absolute atomic E-state index is 0.0595. The van der Waals surface area contributed by atoms with E-state index in [0.717, 1.165) is 40.6 Å². The van der Waals surface area contributed by atoms with Crippen LogP contribution in [0.15, 0.2) is 48.5 Å². The quantitative estimate of drug-likeness (QED) is 0.654. The summed E-state index contributed by atoms with van der Waals surface area (Å²) in [4.78, 5) is 20.4. The van der Waals surface area contributed by atoms with Crippen LogP contribution in [-0.4, -0.2) is 28.4 Å². The molecule has 2 aliphatic heterocycles. The van der Waals surface area contributed by atoms with Crippen molar-refractivity contribution < 1.29 is 9.53 Å². The van der Waals surface area contributed by atoms with Crippen molar-refractivity contribution >= 4 is 22.6 Å². The predicted molar refractivity (Wildman–Crippen MR) is 121 cm³/mol. The van der Waals surface area contributed by atoms with Crippen LogP contribution in [-0.2, 0) is 11.3 Å². The van der Waals surface area contributed by atoms with Crippen LogP contribution in [0.2, 0.25) is 0 Å². The van der Waals surface area contributed by atoms with Crippen LogP contribution in [0.25, 0.3) is 10.9 Å². The summed E-state index contributed by atoms with van der Waals surface area (Å²) >= 11 is 0. The Morgan fingerprint density at radius 2 is 2.00 bits per heavy atom. The predicted octanol–water partition coefficient (Wildman–Crippen LogP) is 4.82. The molecule has 1 saturated carbocycles. The van der Waals surface area contributed by atoms with Crippen molar-refractivity contribution in [1.29, 1.82) is 0 Å². The summed E-state index contributed by atoms with van der Waals surface area (Å²) in [6.07, 6.45) is 3.45. The van der Waals surface area contributed by atoms with Gasteiger partial charge in [0.15, 0.2) is 0 Å². The van der Waals surface area contributed by atoms with Gasteiger partial charge >= 0.3 is 0 Å². The molecule has 2 fully saturated rings. The van der Waals surface area contributed by atoms with Crippen LogP contribution in [0.3, 0.4) is 0 Å². The Bertz CT molecular complexity index is 1180. The number of fused-ring (bicyclic) bond motifs is 4. The smallest absolute Gasteiger partial charge is 0.254 e. The molecule has 0 bridgehead atoms. The minimum atomic E-state index is -0.0595. The van der Waals surface area contributed by atoms with E-state index in [-0.39, 0.29) is 12.0 Å². The standard InChI is InChI=1S/C26H27N3O2/c1-15-24-21(14-31-15)19-12-17(10-11-22(19)28-25(24)27)26(30)29-13-20(16-6-3-2-4-7-16)18-8-5-9-23(18)29/h2-4,6-7,10-12,15,18,20,23H,5,8-9,13-14H2,1H3,(H2,27,28)/t15-,18+,20-,23+/m1/s1. The van der Waals surface area contributed by atoms with Crippen LogP contribution in [0.4, 0.5) is 5.82 Å². The number of hydrogen-bond acceptors (Lipinski definition) is 4. The van der Waals surface area contributed by atoms with Crippen LogP contribution in [0.1, 0.15) is 65.3 Å². The molecular formula is C26H27N3O2. The molecule has 3 aliphatic rings. The molecule has 3 aromatic rings. The number of carbonyl (C=O) groups excluding carboxylic acids is 1. The van der Waals surface area contributed by atoms with Gasteiger partial charge in [0.2, 0.25) is 0 Å². The highest BCUT2D eigenvalue weighted by molar-refractivity contribution is 5.99. The SMILES string of the molecule is C[C@H]1OCc2c1c(N)nc1ccc(C(=O)N3C[C@H](c4ccccc4)[C@@H]4CCC[C@@H]43)cc21. The summed E-state index contributed by atoms with van der Waals surface area (Å²) in [6.45, 7) is 3.31. The van der Waals surface area contributed by atoms with E-state index in [4.69, 9.17) is 10.5 Å². The third-order valence-corrected chi connectivity index (χ3v) is 7.63. The molecule has 4 atom stereocenters. The van der Waals surface area contributed by atoms with Crippen LogP contribution < -0.4 is 5.73 Å². The Hall–Kier alpha value is -2.92. The normalized spacial score (nSPS) is 26.9. The monoisotopic (exact) mass is 413 g/mol. The van der Waals surface area contributed by atoms with Gasteiger partial charge < -0.3 is 15.4 Å². The van der Waals surface area contributed by atoms with Crippen molar-refractivity contribution in [3.8, 4) is 0 Å². The van der Waals surface area contributed by atoms with E-state index in [2.05, 4.69) is 40.2 Å². The van der Waals surface area contributed by atoms with Crippen LogP contribution in [0, 0.1) is 5.92 Å². The van der Waals surface area contributed by atoms with Crippen molar-refractivity contribution in [2.24, 2.45) is 5.92 Å². The molecule has 1 aromatic heterocycles. The molecular weight excluding hydrogens is 386 g/mol. The molecule has 3 heterocycles. The fourth-order valence-electron chi connectivity index (χ4n) is 6.16. The van der Waals surface area contributed by atoms with Crippen LogP contribution >= 0.6 is 0 Å². The summed E-state index contributed by atoms with van der Waals surface area (Å²) in [5, 5.41) is 0.987. The maximum Gasteiger partial charge on any atom is 0.254 e. The number of anilines is 1. The Kier molecular flexibility index (Phi) is 4.29. The van der Waals surface area contributed by atoms with Gasteiger partial charge in [-0.05, 0) is 55.0 Å². The summed E-state index contributed by atoms with van der Waals surface area (Å²) in [5.74, 6) is 1.66. The highest BCUT2D eigenvalue weighted by Crippen LogP contribution is 2.47. The molecule has 1 amide bonds. The number of nitrogens with zero attached hydrogens (tertiary/aromatic N) is 2. The number of nitrogen functional groups attached to an aromatic ring is 1. The summed E-state index contributed by atoms with van der Waals surface area (Å²) in [5.41, 5.74) is 11.2. The van der Waals surface area contributed by atoms with E-state index in [9.17, 15) is 4.79 Å². The highest BCUT2D eigenvalue weighted by Gasteiger charge is 2.46. The number of hydrogen-bond donors (Lipinski definition) is 1. The second-order valence-corrected chi connectivity index (χ2v) is 9.21. The zero-order valence-electron chi connectivity index (χ0n) is 17.8. The lowest BCUT2D eigenvalue weighted by molar-refractivity contribution is 0.0728. The number of benzene rings is 2. The van der Waals surface area contributed by atoms with E-state index in [1.54, 1.807) is 0 Å². The first-order chi connectivity index (χ1) is 15.1. The Labute approximate surface area is 182 Å². The van der Waals surface area contributed by atoms with Crippen molar-refractivity contribution in [2.45, 2.75) is 50.9 Å². The average molecular weight is 414 g/mol. The number of nitrogens with two attached hydrogens (primary N) is 1. The zero-order valence-corrected chi connectivity index (χ0v) is 17.8. The fourth-order valence-corrected chi connectivity index (χ4v) is 6.16. The molecule has 0 radical (unpaired) electrons. The van der Waals surface area contributed by atoms with Gasteiger partial charge in [0, 0.05) is 35.0 Å². The lowest BCUT2D eigenvalue weighted by atomic mass is 9.87. The number of carbonyl (C=O) groups is 1. The maximum atomic E-state index is 13.7. The number of likely N-dealkylation sites (tertiary alicyclic amines) is 1. The lowest BCUT2D eigenvalue weighted by Gasteiger charge is -2.24. The molecule has 6 rings (SSSR count). The van der Waals surface area contributed by atoms with Crippen molar-refractivity contribution in [1.82, 2.24) is 9.88 Å². The number of amides is 1. The summed E-state index contributed by atoms with van der Waals surface area (Å²) < 4.78 is 5.82. The second-order valence-electron chi connectivity index (χ2n) is 9.21. The third-order valence-electron chi connectivity index (χ3n) is 7.63. The molecule has 5 heteroatoms. The van der Waals surface area contributed by atoms with E-state index in [0.29, 0.717) is 30.3 Å². The Morgan fingerprint density at radius 3 is 2.84 bits per heavy atom. The Morgan fingerprint density at radius 1 is 1.16 bits per heavy atom. The number of pyridine rings is 1. The van der Waals surface area contributed by atoms with Crippen molar-refractivity contribution in [2.75, 3.05) is 12.3 Å². The highest BCUT2D eigenvalue weighted by atomic mass is 16.5. The van der Waals surface area contributed by atoms with Gasteiger partial charge in [-0.25, -0.2) is 4.98 Å². The molecule has 31 heavy (non-hydrogen) atoms. The summed E-state index contributed by atoms with van der Waals surface area (Å²) in [6, 6.07) is 16.9.